The van der Waals surface area contributed by atoms with Crippen LogP contribution in [0.2, 0.25) is 0 Å². The zero-order valence-electron chi connectivity index (χ0n) is 15.4. The number of ether oxygens (including phenoxy) is 1. The normalized spacial score (nSPS) is 12.7. The van der Waals surface area contributed by atoms with E-state index in [2.05, 4.69) is 24.4 Å². The second-order valence-electron chi connectivity index (χ2n) is 6.43. The molecule has 1 aliphatic rings. The number of fused-ring (bicyclic) bond motifs is 1. The van der Waals surface area contributed by atoms with Gasteiger partial charge in [0.25, 0.3) is 5.91 Å². The molecule has 2 aromatic carbocycles. The van der Waals surface area contributed by atoms with Crippen molar-refractivity contribution in [2.24, 2.45) is 0 Å². The van der Waals surface area contributed by atoms with E-state index in [1.54, 1.807) is 12.1 Å². The van der Waals surface area contributed by atoms with Crippen LogP contribution >= 0.6 is 11.8 Å². The van der Waals surface area contributed by atoms with Gasteiger partial charge in [-0.3, -0.25) is 4.79 Å². The van der Waals surface area contributed by atoms with E-state index >= 15 is 0 Å². The minimum absolute atomic E-state index is 0.147. The lowest BCUT2D eigenvalue weighted by Gasteiger charge is -2.12. The number of hydrogen-bond donors (Lipinski definition) is 1. The van der Waals surface area contributed by atoms with Crippen molar-refractivity contribution in [3.63, 3.8) is 0 Å². The first-order chi connectivity index (χ1) is 13.2. The molecule has 5 nitrogen and oxygen atoms in total. The molecule has 138 valence electrons. The molecule has 0 saturated heterocycles. The molecular formula is C21H21N3O2S. The van der Waals surface area contributed by atoms with Crippen molar-refractivity contribution in [2.75, 3.05) is 11.9 Å². The van der Waals surface area contributed by atoms with Crippen molar-refractivity contribution >= 4 is 23.5 Å². The third kappa shape index (κ3) is 3.57. The number of carbonyl (C=O) groups is 1. The molecule has 0 saturated carbocycles. The Labute approximate surface area is 162 Å². The van der Waals surface area contributed by atoms with Gasteiger partial charge in [-0.2, -0.15) is 16.9 Å². The first kappa shape index (κ1) is 17.7. The first-order valence-corrected chi connectivity index (χ1v) is 10.1. The number of nitrogens with zero attached hydrogens (tertiary/aromatic N) is 2. The highest BCUT2D eigenvalue weighted by atomic mass is 32.2. The van der Waals surface area contributed by atoms with E-state index < -0.39 is 0 Å². The largest absolute Gasteiger partial charge is 0.494 e. The van der Waals surface area contributed by atoms with Gasteiger partial charge in [0.15, 0.2) is 0 Å². The van der Waals surface area contributed by atoms with Crippen LogP contribution in [0.3, 0.4) is 0 Å². The molecule has 6 heteroatoms. The number of aromatic nitrogens is 2. The molecule has 0 atom stereocenters. The summed E-state index contributed by atoms with van der Waals surface area (Å²) in [6.45, 7) is 4.59. The molecule has 4 rings (SSSR count). The molecule has 0 radical (unpaired) electrons. The average molecular weight is 379 g/mol. The number of rotatable bonds is 5. The Balaban J connectivity index is 1.66. The summed E-state index contributed by atoms with van der Waals surface area (Å²) < 4.78 is 7.30. The molecule has 0 fully saturated rings. The molecule has 1 amide bonds. The predicted octanol–water partition coefficient (Wildman–Crippen LogP) is 4.58. The van der Waals surface area contributed by atoms with Crippen LogP contribution in [0.5, 0.6) is 5.75 Å². The van der Waals surface area contributed by atoms with E-state index in [9.17, 15) is 4.79 Å². The maximum atomic E-state index is 12.8. The molecule has 3 aromatic rings. The van der Waals surface area contributed by atoms with Crippen LogP contribution < -0.4 is 10.1 Å². The van der Waals surface area contributed by atoms with Gasteiger partial charge in [-0.05, 0) is 55.8 Å². The van der Waals surface area contributed by atoms with Gasteiger partial charge in [-0.1, -0.05) is 12.1 Å². The summed E-state index contributed by atoms with van der Waals surface area (Å²) in [5.41, 5.74) is 4.86. The minimum Gasteiger partial charge on any atom is -0.494 e. The van der Waals surface area contributed by atoms with Gasteiger partial charge in [0.1, 0.15) is 11.6 Å². The van der Waals surface area contributed by atoms with E-state index in [4.69, 9.17) is 9.84 Å². The van der Waals surface area contributed by atoms with Crippen LogP contribution in [0.4, 0.5) is 5.82 Å². The Hall–Kier alpha value is -2.73. The van der Waals surface area contributed by atoms with Gasteiger partial charge in [-0.25, -0.2) is 4.68 Å². The number of thioether (sulfide) groups is 1. The van der Waals surface area contributed by atoms with Crippen molar-refractivity contribution in [1.29, 1.82) is 0 Å². The molecule has 1 aromatic heterocycles. The third-order valence-electron chi connectivity index (χ3n) is 4.46. The van der Waals surface area contributed by atoms with Crippen LogP contribution in [-0.4, -0.2) is 22.3 Å². The quantitative estimate of drug-likeness (QED) is 0.705. The monoisotopic (exact) mass is 379 g/mol. The molecule has 1 N–H and O–H groups in total. The summed E-state index contributed by atoms with van der Waals surface area (Å²) in [6, 6.07) is 15.3. The molecular weight excluding hydrogens is 358 g/mol. The Bertz CT molecular complexity index is 980. The zero-order chi connectivity index (χ0) is 18.8. The number of amides is 1. The van der Waals surface area contributed by atoms with Crippen molar-refractivity contribution in [2.45, 2.75) is 25.4 Å². The summed E-state index contributed by atoms with van der Waals surface area (Å²) in [6.07, 6.45) is 0. The molecule has 1 aliphatic heterocycles. The lowest BCUT2D eigenvalue weighted by molar-refractivity contribution is 0.102. The third-order valence-corrected chi connectivity index (χ3v) is 5.43. The maximum absolute atomic E-state index is 12.8. The predicted molar refractivity (Wildman–Crippen MR) is 109 cm³/mol. The van der Waals surface area contributed by atoms with E-state index in [0.29, 0.717) is 12.2 Å². The standard InChI is InChI=1S/C21H21N3O2S/c1-3-26-17-9-7-15(8-10-17)21(25)22-20-18-12-27-13-19(18)23-24(20)16-6-4-5-14(2)11-16/h4-11H,3,12-13H2,1-2H3,(H,22,25). The molecule has 0 spiro atoms. The fraction of sp³-hybridized carbons (Fsp3) is 0.238. The minimum atomic E-state index is -0.147. The molecule has 0 bridgehead atoms. The van der Waals surface area contributed by atoms with Crippen LogP contribution in [0.15, 0.2) is 48.5 Å². The van der Waals surface area contributed by atoms with Crippen LogP contribution in [0.25, 0.3) is 5.69 Å². The van der Waals surface area contributed by atoms with Crippen molar-refractivity contribution in [3.8, 4) is 11.4 Å². The van der Waals surface area contributed by atoms with Crippen molar-refractivity contribution in [1.82, 2.24) is 9.78 Å². The van der Waals surface area contributed by atoms with Gasteiger partial charge in [-0.15, -0.1) is 0 Å². The summed E-state index contributed by atoms with van der Waals surface area (Å²) in [5, 5.41) is 7.83. The number of carbonyl (C=O) groups excluding carboxylic acids is 1. The summed E-state index contributed by atoms with van der Waals surface area (Å²) >= 11 is 1.82. The van der Waals surface area contributed by atoms with Gasteiger partial charge < -0.3 is 10.1 Å². The fourth-order valence-electron chi connectivity index (χ4n) is 3.14. The van der Waals surface area contributed by atoms with Gasteiger partial charge >= 0.3 is 0 Å². The van der Waals surface area contributed by atoms with Crippen LogP contribution in [-0.2, 0) is 11.5 Å². The lowest BCUT2D eigenvalue weighted by atomic mass is 10.2. The maximum Gasteiger partial charge on any atom is 0.256 e. The highest BCUT2D eigenvalue weighted by Crippen LogP contribution is 2.36. The van der Waals surface area contributed by atoms with Gasteiger partial charge in [0, 0.05) is 22.6 Å². The topological polar surface area (TPSA) is 56.1 Å². The van der Waals surface area contributed by atoms with Crippen LogP contribution in [0, 0.1) is 6.92 Å². The van der Waals surface area contributed by atoms with Gasteiger partial charge in [0.2, 0.25) is 0 Å². The van der Waals surface area contributed by atoms with Crippen molar-refractivity contribution in [3.05, 3.63) is 70.9 Å². The average Bonchev–Trinajstić information content (AvgIpc) is 3.25. The number of anilines is 1. The van der Waals surface area contributed by atoms with Gasteiger partial charge in [0.05, 0.1) is 18.0 Å². The summed E-state index contributed by atoms with van der Waals surface area (Å²) in [5.74, 6) is 3.11. The zero-order valence-corrected chi connectivity index (χ0v) is 16.2. The summed E-state index contributed by atoms with van der Waals surface area (Å²) in [4.78, 5) is 12.8. The molecule has 2 heterocycles. The second-order valence-corrected chi connectivity index (χ2v) is 7.41. The second kappa shape index (κ2) is 7.48. The number of nitrogens with one attached hydrogen (secondary N) is 1. The molecule has 27 heavy (non-hydrogen) atoms. The Morgan fingerprint density at radius 1 is 1.22 bits per heavy atom. The first-order valence-electron chi connectivity index (χ1n) is 8.95. The molecule has 0 aliphatic carbocycles. The van der Waals surface area contributed by atoms with Crippen LogP contribution in [0.1, 0.15) is 34.1 Å². The SMILES string of the molecule is CCOc1ccc(C(=O)Nc2c3c(nn2-c2cccc(C)c2)CSC3)cc1. The smallest absolute Gasteiger partial charge is 0.256 e. The number of aryl methyl sites for hydroxylation is 1. The highest BCUT2D eigenvalue weighted by molar-refractivity contribution is 7.98. The highest BCUT2D eigenvalue weighted by Gasteiger charge is 2.25. The lowest BCUT2D eigenvalue weighted by Crippen LogP contribution is -2.16. The van der Waals surface area contributed by atoms with E-state index in [0.717, 1.165) is 45.6 Å². The fourth-order valence-corrected chi connectivity index (χ4v) is 4.17. The Kier molecular flexibility index (Phi) is 4.90. The Morgan fingerprint density at radius 2 is 2.04 bits per heavy atom. The van der Waals surface area contributed by atoms with Crippen molar-refractivity contribution < 1.29 is 9.53 Å². The van der Waals surface area contributed by atoms with E-state index in [1.165, 1.54) is 0 Å². The van der Waals surface area contributed by atoms with E-state index in [1.807, 2.05) is 47.6 Å². The number of benzene rings is 2. The number of hydrogen-bond acceptors (Lipinski definition) is 4. The van der Waals surface area contributed by atoms with E-state index in [-0.39, 0.29) is 5.91 Å². The summed E-state index contributed by atoms with van der Waals surface area (Å²) in [7, 11) is 0. The molecule has 0 unspecified atom stereocenters. The Morgan fingerprint density at radius 3 is 2.78 bits per heavy atom.